The minimum absolute atomic E-state index is 0.391. The minimum atomic E-state index is 0.391. The van der Waals surface area contributed by atoms with Gasteiger partial charge >= 0.3 is 0 Å². The lowest BCUT2D eigenvalue weighted by atomic mass is 10.3. The van der Waals surface area contributed by atoms with Gasteiger partial charge in [-0.25, -0.2) is 4.68 Å². The van der Waals surface area contributed by atoms with Crippen LogP contribution >= 0.6 is 23.1 Å². The van der Waals surface area contributed by atoms with Crippen LogP contribution in [0, 0.1) is 11.8 Å². The van der Waals surface area contributed by atoms with Crippen LogP contribution in [-0.2, 0) is 5.75 Å². The lowest BCUT2D eigenvalue weighted by molar-refractivity contribution is 0.423. The molecule has 1 aliphatic rings. The third kappa shape index (κ3) is 3.46. The van der Waals surface area contributed by atoms with Crippen molar-refractivity contribution >= 4 is 23.1 Å². The monoisotopic (exact) mass is 319 g/mol. The Hall–Kier alpha value is -1.36. The Morgan fingerprint density at radius 1 is 1.43 bits per heavy atom. The number of nitrogens with two attached hydrogens (primary N) is 1. The largest absolute Gasteiger partial charge is 0.320 e. The quantitative estimate of drug-likeness (QED) is 0.692. The highest BCUT2D eigenvalue weighted by atomic mass is 32.2. The lowest BCUT2D eigenvalue weighted by Crippen LogP contribution is -2.08. The molecule has 0 bridgehead atoms. The molecule has 110 valence electrons. The molecule has 0 spiro atoms. The van der Waals surface area contributed by atoms with Crippen LogP contribution in [0.2, 0.25) is 0 Å². The van der Waals surface area contributed by atoms with Gasteiger partial charge in [0, 0.05) is 16.2 Å². The molecule has 0 radical (unpaired) electrons. The van der Waals surface area contributed by atoms with E-state index in [0.717, 1.165) is 16.5 Å². The molecule has 2 aromatic heterocycles. The van der Waals surface area contributed by atoms with Crippen LogP contribution in [0.25, 0.3) is 0 Å². The lowest BCUT2D eigenvalue weighted by Gasteiger charge is -2.10. The van der Waals surface area contributed by atoms with Crippen LogP contribution in [0.1, 0.15) is 42.2 Å². The molecular weight excluding hydrogens is 302 g/mol. The number of rotatable bonds is 4. The number of hydrogen-bond donors (Lipinski definition) is 1. The highest BCUT2D eigenvalue weighted by Gasteiger charge is 2.21. The molecule has 5 nitrogen and oxygen atoms in total. The fourth-order valence-corrected chi connectivity index (χ4v) is 4.39. The van der Waals surface area contributed by atoms with E-state index in [2.05, 4.69) is 32.7 Å². The topological polar surface area (TPSA) is 69.6 Å². The van der Waals surface area contributed by atoms with Crippen LogP contribution in [0.5, 0.6) is 0 Å². The number of thiophene rings is 1. The number of nitrogens with zero attached hydrogens (tertiary/aromatic N) is 4. The average Bonchev–Trinajstić information content (AvgIpc) is 3.22. The van der Waals surface area contributed by atoms with Gasteiger partial charge in [-0.15, -0.1) is 16.4 Å². The fourth-order valence-electron chi connectivity index (χ4n) is 2.50. The Morgan fingerprint density at radius 3 is 3.10 bits per heavy atom. The highest BCUT2D eigenvalue weighted by molar-refractivity contribution is 7.98. The van der Waals surface area contributed by atoms with Crippen molar-refractivity contribution in [3.05, 3.63) is 21.9 Å². The van der Waals surface area contributed by atoms with Gasteiger partial charge in [-0.2, -0.15) is 0 Å². The van der Waals surface area contributed by atoms with Gasteiger partial charge in [0.2, 0.25) is 5.16 Å². The average molecular weight is 319 g/mol. The van der Waals surface area contributed by atoms with E-state index >= 15 is 0 Å². The maximum absolute atomic E-state index is 5.43. The molecule has 0 atom stereocenters. The van der Waals surface area contributed by atoms with E-state index in [9.17, 15) is 0 Å². The molecule has 0 amide bonds. The second-order valence-corrected chi connectivity index (χ2v) is 6.84. The van der Waals surface area contributed by atoms with Gasteiger partial charge in [-0.3, -0.25) is 0 Å². The van der Waals surface area contributed by atoms with E-state index < -0.39 is 0 Å². The second-order valence-electron chi connectivity index (χ2n) is 4.90. The van der Waals surface area contributed by atoms with Crippen molar-refractivity contribution in [2.45, 2.75) is 42.6 Å². The molecular formula is C14H17N5S2. The molecule has 1 aliphatic carbocycles. The number of hydrogen-bond acceptors (Lipinski definition) is 6. The first-order valence-electron chi connectivity index (χ1n) is 7.04. The van der Waals surface area contributed by atoms with E-state index in [4.69, 9.17) is 5.73 Å². The molecule has 2 heterocycles. The van der Waals surface area contributed by atoms with Gasteiger partial charge in [0.1, 0.15) is 0 Å². The van der Waals surface area contributed by atoms with Gasteiger partial charge < -0.3 is 5.73 Å². The van der Waals surface area contributed by atoms with Crippen LogP contribution in [0.4, 0.5) is 0 Å². The molecule has 0 unspecified atom stereocenters. The SMILES string of the molecule is NCC#Cc1ccsc1CSc1nnnn1C1CCCC1. The third-order valence-electron chi connectivity index (χ3n) is 3.54. The normalized spacial score (nSPS) is 15.1. The summed E-state index contributed by atoms with van der Waals surface area (Å²) in [6.07, 6.45) is 4.92. The Morgan fingerprint density at radius 2 is 2.29 bits per heavy atom. The van der Waals surface area contributed by atoms with E-state index in [-0.39, 0.29) is 0 Å². The summed E-state index contributed by atoms with van der Waals surface area (Å²) in [4.78, 5) is 1.25. The molecule has 0 aromatic carbocycles. The van der Waals surface area contributed by atoms with E-state index in [1.807, 2.05) is 10.7 Å². The second kappa shape index (κ2) is 7.07. The van der Waals surface area contributed by atoms with Gasteiger partial charge in [0.25, 0.3) is 0 Å². The van der Waals surface area contributed by atoms with Crippen LogP contribution in [0.15, 0.2) is 16.6 Å². The Bertz CT molecular complexity index is 646. The Kier molecular flexibility index (Phi) is 4.91. The molecule has 1 saturated carbocycles. The summed E-state index contributed by atoms with van der Waals surface area (Å²) < 4.78 is 2.00. The first kappa shape index (κ1) is 14.6. The fraction of sp³-hybridized carbons (Fsp3) is 0.500. The van der Waals surface area contributed by atoms with Crippen molar-refractivity contribution < 1.29 is 0 Å². The predicted octanol–water partition coefficient (Wildman–Crippen LogP) is 2.45. The molecule has 0 aliphatic heterocycles. The zero-order valence-electron chi connectivity index (χ0n) is 11.7. The van der Waals surface area contributed by atoms with Gasteiger partial charge in [-0.05, 0) is 34.7 Å². The van der Waals surface area contributed by atoms with E-state index in [1.165, 1.54) is 30.6 Å². The van der Waals surface area contributed by atoms with Crippen molar-refractivity contribution in [1.29, 1.82) is 0 Å². The first-order chi connectivity index (χ1) is 10.4. The van der Waals surface area contributed by atoms with Gasteiger partial charge in [0.15, 0.2) is 0 Å². The molecule has 2 N–H and O–H groups in total. The summed E-state index contributed by atoms with van der Waals surface area (Å²) in [6.45, 7) is 0.391. The maximum atomic E-state index is 5.43. The maximum Gasteiger partial charge on any atom is 0.209 e. The zero-order valence-corrected chi connectivity index (χ0v) is 13.3. The smallest absolute Gasteiger partial charge is 0.209 e. The minimum Gasteiger partial charge on any atom is -0.320 e. The summed E-state index contributed by atoms with van der Waals surface area (Å²) in [7, 11) is 0. The third-order valence-corrected chi connectivity index (χ3v) is 5.60. The highest BCUT2D eigenvalue weighted by Crippen LogP contribution is 2.33. The zero-order chi connectivity index (χ0) is 14.5. The summed E-state index contributed by atoms with van der Waals surface area (Å²) in [5.41, 5.74) is 6.50. The standard InChI is InChI=1S/C14H17N5S2/c15-8-3-4-11-7-9-20-13(11)10-21-14-16-17-18-19(14)12-5-1-2-6-12/h7,9,12H,1-2,5-6,8,10,15H2. The van der Waals surface area contributed by atoms with Crippen molar-refractivity contribution in [3.63, 3.8) is 0 Å². The molecule has 7 heteroatoms. The van der Waals surface area contributed by atoms with Crippen LogP contribution in [0.3, 0.4) is 0 Å². The van der Waals surface area contributed by atoms with Crippen LogP contribution < -0.4 is 5.73 Å². The van der Waals surface area contributed by atoms with Crippen molar-refractivity contribution in [3.8, 4) is 11.8 Å². The van der Waals surface area contributed by atoms with Crippen molar-refractivity contribution in [2.24, 2.45) is 5.73 Å². The number of aromatic nitrogens is 4. The molecule has 2 aromatic rings. The Labute approximate surface area is 132 Å². The van der Waals surface area contributed by atoms with Gasteiger partial charge in [0.05, 0.1) is 12.6 Å². The molecule has 0 saturated heterocycles. The first-order valence-corrected chi connectivity index (χ1v) is 8.91. The van der Waals surface area contributed by atoms with E-state index in [0.29, 0.717) is 12.6 Å². The summed E-state index contributed by atoms with van der Waals surface area (Å²) in [5.74, 6) is 6.87. The molecule has 21 heavy (non-hydrogen) atoms. The summed E-state index contributed by atoms with van der Waals surface area (Å²) in [6, 6.07) is 2.52. The predicted molar refractivity (Wildman–Crippen MR) is 85.1 cm³/mol. The molecule has 3 rings (SSSR count). The number of thioether (sulfide) groups is 1. The molecule has 1 fully saturated rings. The number of tetrazole rings is 1. The van der Waals surface area contributed by atoms with E-state index in [1.54, 1.807) is 23.1 Å². The van der Waals surface area contributed by atoms with Gasteiger partial charge in [-0.1, -0.05) is 36.4 Å². The van der Waals surface area contributed by atoms with Crippen LogP contribution in [-0.4, -0.2) is 26.8 Å². The Balaban J connectivity index is 1.68. The van der Waals surface area contributed by atoms with Crippen molar-refractivity contribution in [2.75, 3.05) is 6.54 Å². The van der Waals surface area contributed by atoms with Crippen molar-refractivity contribution in [1.82, 2.24) is 20.2 Å². The summed E-state index contributed by atoms with van der Waals surface area (Å²) in [5, 5.41) is 15.1. The summed E-state index contributed by atoms with van der Waals surface area (Å²) >= 11 is 3.40.